The number of hydrogen-bond acceptors (Lipinski definition) is 5. The molecule has 3 nitrogen and oxygen atoms in total. The van der Waals surface area contributed by atoms with Gasteiger partial charge in [0.2, 0.25) is 0 Å². The van der Waals surface area contributed by atoms with Crippen LogP contribution in [0.5, 0.6) is 11.5 Å². The number of hydrogen-bond donors (Lipinski definition) is 2. The summed E-state index contributed by atoms with van der Waals surface area (Å²) in [6.07, 6.45) is 0. The molecule has 0 radical (unpaired) electrons. The molecule has 0 aliphatic heterocycles. The van der Waals surface area contributed by atoms with Gasteiger partial charge in [0.15, 0.2) is 0 Å². The Hall–Kier alpha value is -1.03. The van der Waals surface area contributed by atoms with Gasteiger partial charge in [-0.05, 0) is 48.5 Å². The molecule has 19 heavy (non-hydrogen) atoms. The molecule has 100 valence electrons. The van der Waals surface area contributed by atoms with Crippen molar-refractivity contribution in [1.29, 1.82) is 0 Å². The van der Waals surface area contributed by atoms with Gasteiger partial charge in [-0.25, -0.2) is 4.57 Å². The Labute approximate surface area is 123 Å². The van der Waals surface area contributed by atoms with Crippen LogP contribution in [0.15, 0.2) is 58.3 Å². The highest BCUT2D eigenvalue weighted by molar-refractivity contribution is 7.80. The third-order valence-electron chi connectivity index (χ3n) is 2.22. The summed E-state index contributed by atoms with van der Waals surface area (Å²) >= 11 is 8.34. The van der Waals surface area contributed by atoms with Crippen LogP contribution < -0.4 is 9.05 Å². The second-order valence-electron chi connectivity index (χ2n) is 3.94. The van der Waals surface area contributed by atoms with Gasteiger partial charge in [-0.2, -0.15) is 0 Å². The first-order chi connectivity index (χ1) is 8.94. The van der Waals surface area contributed by atoms with Crippen molar-refractivity contribution in [2.75, 3.05) is 6.66 Å². The summed E-state index contributed by atoms with van der Waals surface area (Å²) in [5.74, 6) is 0.962. The van der Waals surface area contributed by atoms with Gasteiger partial charge >= 0.3 is 7.60 Å². The third-order valence-corrected chi connectivity index (χ3v) is 3.90. The summed E-state index contributed by atoms with van der Waals surface area (Å²) in [5.41, 5.74) is 0. The molecular weight excluding hydrogens is 299 g/mol. The third kappa shape index (κ3) is 4.53. The zero-order valence-corrected chi connectivity index (χ0v) is 12.9. The van der Waals surface area contributed by atoms with E-state index in [0.717, 1.165) is 9.79 Å². The molecule has 0 spiro atoms. The monoisotopic (exact) mass is 312 g/mol. The maximum absolute atomic E-state index is 12.2. The van der Waals surface area contributed by atoms with Gasteiger partial charge in [0.25, 0.3) is 0 Å². The van der Waals surface area contributed by atoms with Crippen molar-refractivity contribution in [2.45, 2.75) is 9.79 Å². The Morgan fingerprint density at radius 2 is 1.11 bits per heavy atom. The van der Waals surface area contributed by atoms with E-state index >= 15 is 0 Å². The predicted octanol–water partition coefficient (Wildman–Crippen LogP) is 4.54. The largest absolute Gasteiger partial charge is 0.427 e. The molecule has 0 saturated heterocycles. The van der Waals surface area contributed by atoms with E-state index in [1.165, 1.54) is 6.66 Å². The molecule has 0 bridgehead atoms. The average molecular weight is 312 g/mol. The molecule has 0 aliphatic carbocycles. The van der Waals surface area contributed by atoms with Gasteiger partial charge in [-0.1, -0.05) is 0 Å². The van der Waals surface area contributed by atoms with Gasteiger partial charge in [-0.3, -0.25) is 0 Å². The lowest BCUT2D eigenvalue weighted by atomic mass is 10.3. The van der Waals surface area contributed by atoms with Crippen LogP contribution >= 0.6 is 32.9 Å². The molecule has 0 aromatic heterocycles. The first-order valence-corrected chi connectivity index (χ1v) is 8.38. The molecular formula is C13H13O3PS2. The molecule has 2 aromatic carbocycles. The Bertz CT molecular complexity index is 545. The van der Waals surface area contributed by atoms with Gasteiger partial charge in [-0.15, -0.1) is 25.3 Å². The minimum Gasteiger partial charge on any atom is -0.416 e. The molecule has 6 heteroatoms. The number of rotatable bonds is 4. The van der Waals surface area contributed by atoms with Crippen LogP contribution in [0.1, 0.15) is 0 Å². The van der Waals surface area contributed by atoms with Gasteiger partial charge in [0.1, 0.15) is 11.5 Å². The highest BCUT2D eigenvalue weighted by atomic mass is 32.1. The summed E-state index contributed by atoms with van der Waals surface area (Å²) in [6.45, 7) is 1.43. The molecule has 0 heterocycles. The summed E-state index contributed by atoms with van der Waals surface area (Å²) in [7, 11) is -3.22. The minimum atomic E-state index is -3.22. The smallest absolute Gasteiger partial charge is 0.416 e. The molecule has 2 rings (SSSR count). The van der Waals surface area contributed by atoms with Crippen molar-refractivity contribution < 1.29 is 13.6 Å². The second-order valence-corrected chi connectivity index (χ2v) is 6.88. The fraction of sp³-hybridized carbons (Fsp3) is 0.0769. The first kappa shape index (κ1) is 14.4. The van der Waals surface area contributed by atoms with E-state index in [2.05, 4.69) is 25.3 Å². The Morgan fingerprint density at radius 3 is 1.42 bits per heavy atom. The van der Waals surface area contributed by atoms with Crippen molar-refractivity contribution in [3.8, 4) is 11.5 Å². The van der Waals surface area contributed by atoms with E-state index < -0.39 is 7.60 Å². The van der Waals surface area contributed by atoms with Gasteiger partial charge < -0.3 is 9.05 Å². The molecule has 0 fully saturated rings. The highest BCUT2D eigenvalue weighted by Crippen LogP contribution is 2.44. The van der Waals surface area contributed by atoms with Crippen LogP contribution in [0.4, 0.5) is 0 Å². The van der Waals surface area contributed by atoms with E-state index in [0.29, 0.717) is 11.5 Å². The highest BCUT2D eigenvalue weighted by Gasteiger charge is 2.20. The summed E-state index contributed by atoms with van der Waals surface area (Å²) in [6, 6.07) is 13.8. The van der Waals surface area contributed by atoms with Crippen molar-refractivity contribution in [1.82, 2.24) is 0 Å². The molecule has 0 unspecified atom stereocenters. The molecule has 0 aliphatic rings. The van der Waals surface area contributed by atoms with E-state index in [-0.39, 0.29) is 0 Å². The van der Waals surface area contributed by atoms with E-state index in [1.54, 1.807) is 48.5 Å². The Morgan fingerprint density at radius 1 is 0.789 bits per heavy atom. The SMILES string of the molecule is CP(=O)(Oc1ccc(S)cc1)Oc1ccc(S)cc1. The van der Waals surface area contributed by atoms with Crippen molar-refractivity contribution in [2.24, 2.45) is 0 Å². The van der Waals surface area contributed by atoms with Crippen LogP contribution in [-0.4, -0.2) is 6.66 Å². The fourth-order valence-corrected chi connectivity index (χ4v) is 2.76. The molecule has 2 aromatic rings. The zero-order chi connectivity index (χ0) is 13.9. The Balaban J connectivity index is 2.08. The molecule has 0 saturated carbocycles. The lowest BCUT2D eigenvalue weighted by molar-refractivity contribution is 0.393. The standard InChI is InChI=1S/C13H13O3PS2/c1-17(14,15-10-2-6-12(18)7-3-10)16-11-4-8-13(19)9-5-11/h2-9,18-19H,1H3. The number of benzene rings is 2. The topological polar surface area (TPSA) is 35.5 Å². The van der Waals surface area contributed by atoms with E-state index in [4.69, 9.17) is 9.05 Å². The van der Waals surface area contributed by atoms with Gasteiger partial charge in [0, 0.05) is 9.79 Å². The number of thiol groups is 2. The van der Waals surface area contributed by atoms with Crippen LogP contribution in [0, 0.1) is 0 Å². The molecule has 0 atom stereocenters. The average Bonchev–Trinajstić information content (AvgIpc) is 2.34. The van der Waals surface area contributed by atoms with Crippen LogP contribution in [0.3, 0.4) is 0 Å². The maximum Gasteiger partial charge on any atom is 0.427 e. The summed E-state index contributed by atoms with van der Waals surface area (Å²) < 4.78 is 23.0. The van der Waals surface area contributed by atoms with Crippen molar-refractivity contribution in [3.05, 3.63) is 48.5 Å². The quantitative estimate of drug-likeness (QED) is 0.642. The Kier molecular flexibility index (Phi) is 4.50. The van der Waals surface area contributed by atoms with Crippen LogP contribution in [0.25, 0.3) is 0 Å². The zero-order valence-electron chi connectivity index (χ0n) is 10.2. The summed E-state index contributed by atoms with van der Waals surface area (Å²) in [5, 5.41) is 0. The lowest BCUT2D eigenvalue weighted by Gasteiger charge is -2.16. The van der Waals surface area contributed by atoms with Crippen LogP contribution in [0.2, 0.25) is 0 Å². The van der Waals surface area contributed by atoms with E-state index in [9.17, 15) is 4.57 Å². The van der Waals surface area contributed by atoms with E-state index in [1.807, 2.05) is 0 Å². The minimum absolute atomic E-state index is 0.481. The van der Waals surface area contributed by atoms with Gasteiger partial charge in [0.05, 0.1) is 6.66 Å². The lowest BCUT2D eigenvalue weighted by Crippen LogP contribution is -1.99. The molecule has 0 amide bonds. The summed E-state index contributed by atoms with van der Waals surface area (Å²) in [4.78, 5) is 1.62. The van der Waals surface area contributed by atoms with Crippen molar-refractivity contribution in [3.63, 3.8) is 0 Å². The van der Waals surface area contributed by atoms with Crippen LogP contribution in [-0.2, 0) is 4.57 Å². The fourth-order valence-electron chi connectivity index (χ4n) is 1.42. The second kappa shape index (κ2) is 5.95. The maximum atomic E-state index is 12.2. The van der Waals surface area contributed by atoms with Crippen molar-refractivity contribution >= 4 is 32.9 Å². The normalized spacial score (nSPS) is 11.1. The first-order valence-electron chi connectivity index (χ1n) is 5.49. The predicted molar refractivity (Wildman–Crippen MR) is 82.2 cm³/mol. The molecule has 0 N–H and O–H groups in total.